The molecule has 0 N–H and O–H groups in total. The smallest absolute Gasteiger partial charge is 0.177 e. The predicted octanol–water partition coefficient (Wildman–Crippen LogP) is 4.17. The van der Waals surface area contributed by atoms with E-state index in [0.29, 0.717) is 6.04 Å². The predicted molar refractivity (Wildman–Crippen MR) is 80.6 cm³/mol. The van der Waals surface area contributed by atoms with Gasteiger partial charge in [0.1, 0.15) is 0 Å². The normalized spacial score (nSPS) is 20.5. The van der Waals surface area contributed by atoms with Crippen LogP contribution in [0.15, 0.2) is 28.1 Å². The van der Waals surface area contributed by atoms with E-state index < -0.39 is 0 Å². The maximum atomic E-state index is 5.50. The fraction of sp³-hybridized carbons (Fsp3) is 0.562. The first kappa shape index (κ1) is 12.6. The van der Waals surface area contributed by atoms with Crippen LogP contribution in [0.25, 0.3) is 10.6 Å². The average molecular weight is 288 g/mol. The zero-order valence-corrected chi connectivity index (χ0v) is 12.6. The van der Waals surface area contributed by atoms with Gasteiger partial charge in [-0.15, -0.1) is 11.3 Å². The molecule has 0 amide bonds. The van der Waals surface area contributed by atoms with Gasteiger partial charge in [-0.2, -0.15) is 0 Å². The van der Waals surface area contributed by atoms with E-state index in [1.807, 2.05) is 6.07 Å². The molecule has 2 aromatic rings. The highest BCUT2D eigenvalue weighted by Gasteiger charge is 2.39. The van der Waals surface area contributed by atoms with Gasteiger partial charge in [0, 0.05) is 24.7 Å². The van der Waals surface area contributed by atoms with E-state index in [1.54, 1.807) is 11.3 Å². The van der Waals surface area contributed by atoms with E-state index in [-0.39, 0.29) is 0 Å². The Morgan fingerprint density at radius 2 is 2.25 bits per heavy atom. The molecule has 2 aliphatic carbocycles. The topological polar surface area (TPSA) is 29.3 Å². The molecule has 0 bridgehead atoms. The van der Waals surface area contributed by atoms with Gasteiger partial charge < -0.3 is 4.52 Å². The highest BCUT2D eigenvalue weighted by atomic mass is 32.1. The second-order valence-electron chi connectivity index (χ2n) is 6.14. The van der Waals surface area contributed by atoms with E-state index in [4.69, 9.17) is 4.52 Å². The molecule has 2 heterocycles. The van der Waals surface area contributed by atoms with Gasteiger partial charge in [-0.25, -0.2) is 0 Å². The number of thiophene rings is 1. The quantitative estimate of drug-likeness (QED) is 0.799. The lowest BCUT2D eigenvalue weighted by Crippen LogP contribution is -2.36. The van der Waals surface area contributed by atoms with Crippen LogP contribution in [0.5, 0.6) is 0 Å². The summed E-state index contributed by atoms with van der Waals surface area (Å²) in [5, 5.41) is 6.35. The molecule has 0 spiro atoms. The van der Waals surface area contributed by atoms with E-state index in [2.05, 4.69) is 34.5 Å². The van der Waals surface area contributed by atoms with Crippen molar-refractivity contribution in [3.8, 4) is 10.6 Å². The molecule has 0 radical (unpaired) electrons. The molecule has 3 nitrogen and oxygen atoms in total. The molecule has 0 aliphatic heterocycles. The van der Waals surface area contributed by atoms with Gasteiger partial charge in [0.15, 0.2) is 5.76 Å². The highest BCUT2D eigenvalue weighted by Crippen LogP contribution is 2.40. The third-order valence-electron chi connectivity index (χ3n) is 4.51. The summed E-state index contributed by atoms with van der Waals surface area (Å²) in [5.74, 6) is 1.82. The fourth-order valence-corrected chi connectivity index (χ4v) is 3.64. The summed E-state index contributed by atoms with van der Waals surface area (Å²) < 4.78 is 5.50. The number of nitrogens with zero attached hydrogens (tertiary/aromatic N) is 2. The molecule has 2 saturated carbocycles. The van der Waals surface area contributed by atoms with Crippen LogP contribution in [0.4, 0.5) is 0 Å². The van der Waals surface area contributed by atoms with Gasteiger partial charge in [-0.3, -0.25) is 4.90 Å². The Morgan fingerprint density at radius 3 is 2.90 bits per heavy atom. The molecule has 4 rings (SSSR count). The molecule has 0 aromatic carbocycles. The SMILES string of the molecule is CC(C1CC1)N(Cc1cc(-c2cccs2)on1)C1CC1. The molecule has 1 unspecified atom stereocenters. The number of rotatable bonds is 6. The Bertz CT molecular complexity index is 569. The first-order valence-electron chi connectivity index (χ1n) is 7.56. The Kier molecular flexibility index (Phi) is 3.15. The van der Waals surface area contributed by atoms with Crippen LogP contribution in [-0.4, -0.2) is 22.1 Å². The number of aromatic nitrogens is 1. The minimum absolute atomic E-state index is 0.699. The molecule has 0 saturated heterocycles. The maximum absolute atomic E-state index is 5.50. The summed E-state index contributed by atoms with van der Waals surface area (Å²) >= 11 is 1.70. The van der Waals surface area contributed by atoms with Crippen molar-refractivity contribution in [3.05, 3.63) is 29.3 Å². The van der Waals surface area contributed by atoms with Crippen LogP contribution in [0.2, 0.25) is 0 Å². The van der Waals surface area contributed by atoms with Crippen molar-refractivity contribution in [1.82, 2.24) is 10.1 Å². The Balaban J connectivity index is 1.49. The minimum atomic E-state index is 0.699. The number of hydrogen-bond acceptors (Lipinski definition) is 4. The highest BCUT2D eigenvalue weighted by molar-refractivity contribution is 7.13. The lowest BCUT2D eigenvalue weighted by atomic mass is 10.1. The van der Waals surface area contributed by atoms with Crippen molar-refractivity contribution in [2.24, 2.45) is 5.92 Å². The van der Waals surface area contributed by atoms with Crippen molar-refractivity contribution in [3.63, 3.8) is 0 Å². The zero-order chi connectivity index (χ0) is 13.5. The maximum Gasteiger partial charge on any atom is 0.177 e. The van der Waals surface area contributed by atoms with Crippen molar-refractivity contribution in [2.45, 2.75) is 51.2 Å². The minimum Gasteiger partial charge on any atom is -0.355 e. The first-order valence-corrected chi connectivity index (χ1v) is 8.44. The molecular weight excluding hydrogens is 268 g/mol. The molecule has 1 atom stereocenters. The second-order valence-corrected chi connectivity index (χ2v) is 7.09. The lowest BCUT2D eigenvalue weighted by Gasteiger charge is -2.28. The fourth-order valence-electron chi connectivity index (χ4n) is 2.97. The summed E-state index contributed by atoms with van der Waals surface area (Å²) in [6.07, 6.45) is 5.52. The van der Waals surface area contributed by atoms with Gasteiger partial charge in [0.2, 0.25) is 0 Å². The lowest BCUT2D eigenvalue weighted by molar-refractivity contribution is 0.166. The average Bonchev–Trinajstić information content (AvgIpc) is 3.37. The standard InChI is InChI=1S/C16H20N2OS/c1-11(12-4-5-12)18(14-6-7-14)10-13-9-15(19-17-13)16-3-2-8-20-16/h2-3,8-9,11-12,14H,4-7,10H2,1H3. The van der Waals surface area contributed by atoms with Crippen molar-refractivity contribution in [2.75, 3.05) is 0 Å². The van der Waals surface area contributed by atoms with Gasteiger partial charge in [0.25, 0.3) is 0 Å². The van der Waals surface area contributed by atoms with Crippen LogP contribution in [0, 0.1) is 5.92 Å². The van der Waals surface area contributed by atoms with Crippen LogP contribution in [0.1, 0.15) is 38.3 Å². The largest absolute Gasteiger partial charge is 0.355 e. The van der Waals surface area contributed by atoms with Gasteiger partial charge in [-0.1, -0.05) is 11.2 Å². The number of hydrogen-bond donors (Lipinski definition) is 0. The van der Waals surface area contributed by atoms with Crippen LogP contribution >= 0.6 is 11.3 Å². The van der Waals surface area contributed by atoms with Crippen molar-refractivity contribution < 1.29 is 4.52 Å². The van der Waals surface area contributed by atoms with Crippen molar-refractivity contribution >= 4 is 11.3 Å². The van der Waals surface area contributed by atoms with E-state index in [0.717, 1.165) is 34.8 Å². The Morgan fingerprint density at radius 1 is 1.40 bits per heavy atom. The van der Waals surface area contributed by atoms with E-state index >= 15 is 0 Å². The Labute approximate surface area is 123 Å². The molecule has 4 heteroatoms. The molecule has 20 heavy (non-hydrogen) atoms. The first-order chi connectivity index (χ1) is 9.81. The molecule has 2 aromatic heterocycles. The van der Waals surface area contributed by atoms with Gasteiger partial charge in [-0.05, 0) is 50.0 Å². The second kappa shape index (κ2) is 5.01. The molecule has 106 valence electrons. The van der Waals surface area contributed by atoms with E-state index in [1.165, 1.54) is 25.7 Å². The van der Waals surface area contributed by atoms with Crippen LogP contribution < -0.4 is 0 Å². The Hall–Kier alpha value is -1.13. The zero-order valence-electron chi connectivity index (χ0n) is 11.8. The summed E-state index contributed by atoms with van der Waals surface area (Å²) in [5.41, 5.74) is 1.08. The third-order valence-corrected chi connectivity index (χ3v) is 5.40. The van der Waals surface area contributed by atoms with Gasteiger partial charge >= 0.3 is 0 Å². The van der Waals surface area contributed by atoms with Crippen molar-refractivity contribution in [1.29, 1.82) is 0 Å². The van der Waals surface area contributed by atoms with Crippen LogP contribution in [0.3, 0.4) is 0 Å². The molecular formula is C16H20N2OS. The monoisotopic (exact) mass is 288 g/mol. The summed E-state index contributed by atoms with van der Waals surface area (Å²) in [6.45, 7) is 3.33. The summed E-state index contributed by atoms with van der Waals surface area (Å²) in [7, 11) is 0. The summed E-state index contributed by atoms with van der Waals surface area (Å²) in [4.78, 5) is 3.81. The van der Waals surface area contributed by atoms with Gasteiger partial charge in [0.05, 0.1) is 10.6 Å². The molecule has 2 aliphatic rings. The third kappa shape index (κ3) is 2.54. The summed E-state index contributed by atoms with van der Waals surface area (Å²) in [6, 6.07) is 7.73. The van der Waals surface area contributed by atoms with Crippen LogP contribution in [-0.2, 0) is 6.54 Å². The molecule has 2 fully saturated rings. The van der Waals surface area contributed by atoms with E-state index in [9.17, 15) is 0 Å².